The number of para-hydroxylation sites is 1. The summed E-state index contributed by atoms with van der Waals surface area (Å²) in [5.41, 5.74) is 2.86. The number of nitrogens with one attached hydrogen (secondary N) is 1. The van der Waals surface area contributed by atoms with Crippen molar-refractivity contribution in [1.29, 1.82) is 0 Å². The molecule has 0 spiro atoms. The van der Waals surface area contributed by atoms with Crippen LogP contribution in [-0.2, 0) is 4.79 Å². The minimum absolute atomic E-state index is 0.209. The minimum atomic E-state index is -0.209. The molecule has 4 heteroatoms. The van der Waals surface area contributed by atoms with Gasteiger partial charge >= 0.3 is 0 Å². The van der Waals surface area contributed by atoms with Gasteiger partial charge in [0.2, 0.25) is 0 Å². The fourth-order valence-electron chi connectivity index (χ4n) is 2.50. The minimum Gasteiger partial charge on any atom is -0.305 e. The Hall–Kier alpha value is -3.27. The third-order valence-electron chi connectivity index (χ3n) is 3.65. The van der Waals surface area contributed by atoms with Crippen LogP contribution in [0.5, 0.6) is 0 Å². The summed E-state index contributed by atoms with van der Waals surface area (Å²) in [6.07, 6.45) is 1.71. The summed E-state index contributed by atoms with van der Waals surface area (Å²) in [6.45, 7) is 0. The van der Waals surface area contributed by atoms with E-state index in [-0.39, 0.29) is 5.91 Å². The summed E-state index contributed by atoms with van der Waals surface area (Å²) in [7, 11) is 0. The van der Waals surface area contributed by atoms with Gasteiger partial charge in [0.05, 0.1) is 11.2 Å². The fraction of sp³-hybridized carbons (Fsp3) is 0. The van der Waals surface area contributed by atoms with E-state index in [1.54, 1.807) is 6.08 Å². The van der Waals surface area contributed by atoms with Gasteiger partial charge in [-0.3, -0.25) is 4.79 Å². The van der Waals surface area contributed by atoms with Gasteiger partial charge in [-0.25, -0.2) is 9.98 Å². The summed E-state index contributed by atoms with van der Waals surface area (Å²) in [6, 6.07) is 21.3. The van der Waals surface area contributed by atoms with Crippen LogP contribution in [0.25, 0.3) is 17.0 Å². The lowest BCUT2D eigenvalue weighted by molar-refractivity contribution is -0.115. The third-order valence-corrected chi connectivity index (χ3v) is 3.65. The summed E-state index contributed by atoms with van der Waals surface area (Å²) in [4.78, 5) is 21.0. The Labute approximate surface area is 133 Å². The van der Waals surface area contributed by atoms with Crippen LogP contribution in [0, 0.1) is 0 Å². The van der Waals surface area contributed by atoms with Gasteiger partial charge in [0.25, 0.3) is 5.91 Å². The van der Waals surface area contributed by atoms with Gasteiger partial charge in [0.1, 0.15) is 11.5 Å². The van der Waals surface area contributed by atoms with Gasteiger partial charge in [-0.15, -0.1) is 0 Å². The summed E-state index contributed by atoms with van der Waals surface area (Å²) in [5, 5.41) is 3.86. The quantitative estimate of drug-likeness (QED) is 0.739. The zero-order valence-corrected chi connectivity index (χ0v) is 12.2. The van der Waals surface area contributed by atoms with Crippen LogP contribution in [0.4, 0.5) is 0 Å². The number of carbonyl (C=O) groups excluding carboxylic acids is 1. The third kappa shape index (κ3) is 2.62. The highest BCUT2D eigenvalue weighted by atomic mass is 16.2. The van der Waals surface area contributed by atoms with Crippen molar-refractivity contribution < 1.29 is 4.79 Å². The molecule has 23 heavy (non-hydrogen) atoms. The van der Waals surface area contributed by atoms with Crippen LogP contribution < -0.4 is 5.32 Å². The number of aromatic nitrogens is 1. The maximum absolute atomic E-state index is 12.1. The monoisotopic (exact) mass is 299 g/mol. The number of fused-ring (bicyclic) bond motifs is 1. The first-order valence-corrected chi connectivity index (χ1v) is 7.32. The first-order valence-electron chi connectivity index (χ1n) is 7.32. The van der Waals surface area contributed by atoms with Crippen molar-refractivity contribution in [3.05, 3.63) is 83.7 Å². The molecule has 0 saturated heterocycles. The molecular formula is C19H13N3O. The molecule has 0 unspecified atom stereocenters. The maximum atomic E-state index is 12.1. The SMILES string of the molecule is O=C1NC(c2ccccc2)=N/C1=C/c1ccc2ccccc2n1. The molecule has 1 aliphatic heterocycles. The zero-order valence-electron chi connectivity index (χ0n) is 12.2. The number of aliphatic imine (C=N–C) groups is 1. The van der Waals surface area contributed by atoms with E-state index in [0.29, 0.717) is 17.2 Å². The summed E-state index contributed by atoms with van der Waals surface area (Å²) < 4.78 is 0. The van der Waals surface area contributed by atoms with Crippen molar-refractivity contribution in [3.8, 4) is 0 Å². The maximum Gasteiger partial charge on any atom is 0.275 e. The summed E-state index contributed by atoms with van der Waals surface area (Å²) >= 11 is 0. The highest BCUT2D eigenvalue weighted by Crippen LogP contribution is 2.17. The number of rotatable bonds is 2. The number of amidine groups is 1. The molecule has 2 aromatic carbocycles. The number of pyridine rings is 1. The Kier molecular flexibility index (Phi) is 3.20. The molecule has 110 valence electrons. The first kappa shape index (κ1) is 13.4. The molecule has 1 N–H and O–H groups in total. The average Bonchev–Trinajstić information content (AvgIpc) is 2.96. The van der Waals surface area contributed by atoms with Crippen molar-refractivity contribution >= 4 is 28.7 Å². The van der Waals surface area contributed by atoms with Crippen molar-refractivity contribution in [1.82, 2.24) is 10.3 Å². The highest BCUT2D eigenvalue weighted by Gasteiger charge is 2.20. The molecule has 0 radical (unpaired) electrons. The van der Waals surface area contributed by atoms with Crippen LogP contribution in [0.1, 0.15) is 11.3 Å². The molecule has 3 aromatic rings. The van der Waals surface area contributed by atoms with Gasteiger partial charge in [0, 0.05) is 10.9 Å². The molecule has 1 amide bonds. The molecule has 4 nitrogen and oxygen atoms in total. The van der Waals surface area contributed by atoms with E-state index < -0.39 is 0 Å². The lowest BCUT2D eigenvalue weighted by atomic mass is 10.2. The van der Waals surface area contributed by atoms with Gasteiger partial charge < -0.3 is 5.32 Å². The van der Waals surface area contributed by atoms with Gasteiger partial charge in [0.15, 0.2) is 0 Å². The number of hydrogen-bond donors (Lipinski definition) is 1. The average molecular weight is 299 g/mol. The highest BCUT2D eigenvalue weighted by molar-refractivity contribution is 6.19. The largest absolute Gasteiger partial charge is 0.305 e. The Morgan fingerprint density at radius 3 is 2.52 bits per heavy atom. The Bertz CT molecular complexity index is 959. The Morgan fingerprint density at radius 2 is 1.65 bits per heavy atom. The second-order valence-corrected chi connectivity index (χ2v) is 5.24. The topological polar surface area (TPSA) is 54.4 Å². The molecule has 0 bridgehead atoms. The molecule has 0 aliphatic carbocycles. The molecule has 0 atom stereocenters. The van der Waals surface area contributed by atoms with E-state index in [9.17, 15) is 4.79 Å². The van der Waals surface area contributed by atoms with E-state index in [0.717, 1.165) is 16.5 Å². The predicted molar refractivity (Wildman–Crippen MR) is 90.8 cm³/mol. The molecule has 4 rings (SSSR count). The predicted octanol–water partition coefficient (Wildman–Crippen LogP) is 3.15. The van der Waals surface area contributed by atoms with Crippen molar-refractivity contribution in [2.75, 3.05) is 0 Å². The van der Waals surface area contributed by atoms with Gasteiger partial charge in [-0.1, -0.05) is 54.6 Å². The van der Waals surface area contributed by atoms with E-state index in [1.807, 2.05) is 66.7 Å². The number of nitrogens with zero attached hydrogens (tertiary/aromatic N) is 2. The van der Waals surface area contributed by atoms with E-state index in [1.165, 1.54) is 0 Å². The van der Waals surface area contributed by atoms with E-state index in [4.69, 9.17) is 0 Å². The van der Waals surface area contributed by atoms with E-state index in [2.05, 4.69) is 15.3 Å². The molecule has 1 aromatic heterocycles. The summed E-state index contributed by atoms with van der Waals surface area (Å²) in [5.74, 6) is 0.362. The van der Waals surface area contributed by atoms with Crippen LogP contribution in [0.15, 0.2) is 77.4 Å². The van der Waals surface area contributed by atoms with Crippen LogP contribution in [-0.4, -0.2) is 16.7 Å². The normalized spacial score (nSPS) is 15.7. The molecule has 0 fully saturated rings. The number of amides is 1. The van der Waals surface area contributed by atoms with Gasteiger partial charge in [-0.2, -0.15) is 0 Å². The zero-order chi connectivity index (χ0) is 15.6. The molecular weight excluding hydrogens is 286 g/mol. The van der Waals surface area contributed by atoms with Crippen molar-refractivity contribution in [2.45, 2.75) is 0 Å². The Balaban J connectivity index is 1.72. The molecule has 0 saturated carbocycles. The van der Waals surface area contributed by atoms with Crippen molar-refractivity contribution in [2.24, 2.45) is 4.99 Å². The van der Waals surface area contributed by atoms with Gasteiger partial charge in [-0.05, 0) is 18.2 Å². The van der Waals surface area contributed by atoms with Crippen molar-refractivity contribution in [3.63, 3.8) is 0 Å². The molecule has 1 aliphatic rings. The number of hydrogen-bond acceptors (Lipinski definition) is 3. The number of benzene rings is 2. The lowest BCUT2D eigenvalue weighted by Crippen LogP contribution is -2.24. The van der Waals surface area contributed by atoms with Crippen LogP contribution in [0.3, 0.4) is 0 Å². The molecule has 2 heterocycles. The van der Waals surface area contributed by atoms with Crippen LogP contribution in [0.2, 0.25) is 0 Å². The lowest BCUT2D eigenvalue weighted by Gasteiger charge is -1.98. The fourth-order valence-corrected chi connectivity index (χ4v) is 2.50. The van der Waals surface area contributed by atoms with Crippen LogP contribution >= 0.6 is 0 Å². The second kappa shape index (κ2) is 5.50. The first-order chi connectivity index (χ1) is 11.3. The second-order valence-electron chi connectivity index (χ2n) is 5.24. The van der Waals surface area contributed by atoms with E-state index >= 15 is 0 Å². The standard InChI is InChI=1S/C19H13N3O/c23-19-17(21-18(22-19)14-7-2-1-3-8-14)12-15-11-10-13-6-4-5-9-16(13)20-15/h1-12H,(H,21,22,23)/b17-12+. The Morgan fingerprint density at radius 1 is 0.870 bits per heavy atom. The number of carbonyl (C=O) groups is 1. The smallest absolute Gasteiger partial charge is 0.275 e.